The maximum absolute atomic E-state index is 13.1. The number of halogens is 1. The summed E-state index contributed by atoms with van der Waals surface area (Å²) in [5.74, 6) is -2.34. The molecule has 28 heavy (non-hydrogen) atoms. The van der Waals surface area contributed by atoms with Gasteiger partial charge in [-0.15, -0.1) is 0 Å². The van der Waals surface area contributed by atoms with Gasteiger partial charge in [-0.2, -0.15) is 0 Å². The minimum absolute atomic E-state index is 0.195. The molecule has 0 bridgehead atoms. The molecule has 2 amide bonds. The van der Waals surface area contributed by atoms with Crippen LogP contribution in [-0.2, 0) is 9.59 Å². The van der Waals surface area contributed by atoms with Gasteiger partial charge in [-0.3, -0.25) is 14.4 Å². The van der Waals surface area contributed by atoms with E-state index in [2.05, 4.69) is 10.3 Å². The van der Waals surface area contributed by atoms with E-state index in [0.717, 1.165) is 0 Å². The largest absolute Gasteiger partial charge is 0.399 e. The number of rotatable bonds is 4. The molecule has 1 unspecified atom stereocenters. The fourth-order valence-corrected chi connectivity index (χ4v) is 3.36. The summed E-state index contributed by atoms with van der Waals surface area (Å²) in [4.78, 5) is 42.0. The second-order valence-electron chi connectivity index (χ2n) is 6.62. The second-order valence-corrected chi connectivity index (χ2v) is 6.62. The van der Waals surface area contributed by atoms with Crippen LogP contribution >= 0.6 is 0 Å². The lowest BCUT2D eigenvalue weighted by Gasteiger charge is -2.17. The summed E-state index contributed by atoms with van der Waals surface area (Å²) in [5, 5.41) is 3.06. The first-order valence-electron chi connectivity index (χ1n) is 8.73. The Balaban J connectivity index is 1.49. The Kier molecular flexibility index (Phi) is 4.31. The third-order valence-corrected chi connectivity index (χ3v) is 4.81. The van der Waals surface area contributed by atoms with E-state index in [1.54, 1.807) is 18.2 Å². The number of nitrogens with zero attached hydrogens (tertiary/aromatic N) is 1. The fourth-order valence-electron chi connectivity index (χ4n) is 3.36. The lowest BCUT2D eigenvalue weighted by molar-refractivity contribution is -0.124. The first kappa shape index (κ1) is 17.7. The average Bonchev–Trinajstić information content (AvgIpc) is 3.25. The van der Waals surface area contributed by atoms with Crippen molar-refractivity contribution in [3.8, 4) is 0 Å². The normalized spacial score (nSPS) is 16.5. The molecule has 0 saturated carbocycles. The highest BCUT2D eigenvalue weighted by atomic mass is 19.1. The molecule has 2 aromatic carbocycles. The number of anilines is 2. The third kappa shape index (κ3) is 3.09. The number of benzene rings is 2. The zero-order valence-corrected chi connectivity index (χ0v) is 14.7. The van der Waals surface area contributed by atoms with Crippen LogP contribution in [0.3, 0.4) is 0 Å². The van der Waals surface area contributed by atoms with Gasteiger partial charge < -0.3 is 20.9 Å². The Morgan fingerprint density at radius 1 is 1.18 bits per heavy atom. The molecule has 142 valence electrons. The molecule has 3 aromatic rings. The number of carbonyl (C=O) groups excluding carboxylic acids is 3. The van der Waals surface area contributed by atoms with Crippen LogP contribution < -0.4 is 16.0 Å². The van der Waals surface area contributed by atoms with Crippen molar-refractivity contribution < 1.29 is 18.8 Å². The first-order valence-corrected chi connectivity index (χ1v) is 8.73. The highest BCUT2D eigenvalue weighted by molar-refractivity contribution is 6.45. The van der Waals surface area contributed by atoms with Crippen molar-refractivity contribution in [2.45, 2.75) is 12.5 Å². The van der Waals surface area contributed by atoms with Crippen LogP contribution in [0.2, 0.25) is 0 Å². The van der Waals surface area contributed by atoms with E-state index in [1.165, 1.54) is 35.4 Å². The molecule has 0 aliphatic carbocycles. The number of H-pyrrole nitrogens is 1. The van der Waals surface area contributed by atoms with Gasteiger partial charge in [0.25, 0.3) is 11.7 Å². The SMILES string of the molecule is Nc1ccc2[nH]cc(C(=O)C(=O)NC3CCN(c4ccc(F)cc4)C3=O)c2c1. The molecule has 1 fully saturated rings. The molecule has 4 rings (SSSR count). The molecule has 8 heteroatoms. The van der Waals surface area contributed by atoms with Crippen LogP contribution in [-0.4, -0.2) is 35.2 Å². The van der Waals surface area contributed by atoms with E-state index in [1.807, 2.05) is 0 Å². The topological polar surface area (TPSA) is 108 Å². The van der Waals surface area contributed by atoms with Crippen molar-refractivity contribution in [1.29, 1.82) is 0 Å². The summed E-state index contributed by atoms with van der Waals surface area (Å²) >= 11 is 0. The van der Waals surface area contributed by atoms with Crippen LogP contribution in [0.4, 0.5) is 15.8 Å². The standard InChI is InChI=1S/C20H17FN4O3/c21-11-1-4-13(5-2-11)25-8-7-17(20(25)28)24-19(27)18(26)15-10-23-16-6-3-12(22)9-14(15)16/h1-6,9-10,17,23H,7-8,22H2,(H,24,27). The van der Waals surface area contributed by atoms with Crippen LogP contribution in [0.25, 0.3) is 10.9 Å². The van der Waals surface area contributed by atoms with Crippen molar-refractivity contribution >= 4 is 39.9 Å². The van der Waals surface area contributed by atoms with Gasteiger partial charge in [-0.1, -0.05) is 0 Å². The molecule has 0 radical (unpaired) electrons. The van der Waals surface area contributed by atoms with Gasteiger partial charge in [0, 0.05) is 35.0 Å². The Morgan fingerprint density at radius 2 is 1.93 bits per heavy atom. The minimum atomic E-state index is -0.859. The molecule has 4 N–H and O–H groups in total. The smallest absolute Gasteiger partial charge is 0.293 e. The van der Waals surface area contributed by atoms with E-state index in [9.17, 15) is 18.8 Å². The number of aromatic amines is 1. The monoisotopic (exact) mass is 380 g/mol. The van der Waals surface area contributed by atoms with Gasteiger partial charge >= 0.3 is 0 Å². The number of hydrogen-bond donors (Lipinski definition) is 3. The Hall–Kier alpha value is -3.68. The van der Waals surface area contributed by atoms with E-state index in [-0.39, 0.29) is 11.5 Å². The predicted molar refractivity (Wildman–Crippen MR) is 102 cm³/mol. The number of ketones is 1. The minimum Gasteiger partial charge on any atom is -0.399 e. The third-order valence-electron chi connectivity index (χ3n) is 4.81. The molecule has 0 spiro atoms. The van der Waals surface area contributed by atoms with E-state index >= 15 is 0 Å². The number of hydrogen-bond acceptors (Lipinski definition) is 4. The van der Waals surface area contributed by atoms with Crippen LogP contribution in [0, 0.1) is 5.82 Å². The van der Waals surface area contributed by atoms with Crippen LogP contribution in [0.5, 0.6) is 0 Å². The number of aromatic nitrogens is 1. The number of nitrogens with two attached hydrogens (primary N) is 1. The predicted octanol–water partition coefficient (Wildman–Crippen LogP) is 1.99. The van der Waals surface area contributed by atoms with Gasteiger partial charge in [0.05, 0.1) is 5.56 Å². The average molecular weight is 380 g/mol. The lowest BCUT2D eigenvalue weighted by atomic mass is 10.1. The Labute approximate surface area is 159 Å². The van der Waals surface area contributed by atoms with Gasteiger partial charge in [0.15, 0.2) is 0 Å². The quantitative estimate of drug-likeness (QED) is 0.365. The number of nitrogens with one attached hydrogen (secondary N) is 2. The summed E-state index contributed by atoms with van der Waals surface area (Å²) in [6.07, 6.45) is 1.81. The molecule has 1 aromatic heterocycles. The maximum atomic E-state index is 13.1. The summed E-state index contributed by atoms with van der Waals surface area (Å²) < 4.78 is 13.1. The molecule has 7 nitrogen and oxygen atoms in total. The maximum Gasteiger partial charge on any atom is 0.293 e. The van der Waals surface area contributed by atoms with E-state index in [4.69, 9.17) is 5.73 Å². The molecular formula is C20H17FN4O3. The number of nitrogen functional groups attached to an aromatic ring is 1. The fraction of sp³-hybridized carbons (Fsp3) is 0.150. The highest BCUT2D eigenvalue weighted by Gasteiger charge is 2.35. The molecule has 1 saturated heterocycles. The molecule has 1 aliphatic rings. The van der Waals surface area contributed by atoms with Crippen molar-refractivity contribution in [3.63, 3.8) is 0 Å². The number of amides is 2. The van der Waals surface area contributed by atoms with Gasteiger partial charge in [-0.05, 0) is 48.9 Å². The van der Waals surface area contributed by atoms with Crippen molar-refractivity contribution in [3.05, 3.63) is 60.0 Å². The van der Waals surface area contributed by atoms with Crippen molar-refractivity contribution in [2.24, 2.45) is 0 Å². The Bertz CT molecular complexity index is 1090. The number of Topliss-reactive ketones (excluding diaryl/α,β-unsaturated/α-hetero) is 1. The van der Waals surface area contributed by atoms with Crippen molar-refractivity contribution in [1.82, 2.24) is 10.3 Å². The van der Waals surface area contributed by atoms with Gasteiger partial charge in [-0.25, -0.2) is 4.39 Å². The van der Waals surface area contributed by atoms with Crippen LogP contribution in [0.1, 0.15) is 16.8 Å². The molecule has 1 atom stereocenters. The summed E-state index contributed by atoms with van der Waals surface area (Å²) in [6.45, 7) is 0.368. The summed E-state index contributed by atoms with van der Waals surface area (Å²) in [7, 11) is 0. The second kappa shape index (κ2) is 6.80. The van der Waals surface area contributed by atoms with E-state index in [0.29, 0.717) is 35.2 Å². The first-order chi connectivity index (χ1) is 13.4. The summed E-state index contributed by atoms with van der Waals surface area (Å²) in [5.41, 5.74) is 7.66. The molecular weight excluding hydrogens is 363 g/mol. The Morgan fingerprint density at radius 3 is 2.68 bits per heavy atom. The zero-order valence-electron chi connectivity index (χ0n) is 14.7. The highest BCUT2D eigenvalue weighted by Crippen LogP contribution is 2.23. The van der Waals surface area contributed by atoms with Crippen molar-refractivity contribution in [2.75, 3.05) is 17.2 Å². The molecule has 1 aliphatic heterocycles. The lowest BCUT2D eigenvalue weighted by Crippen LogP contribution is -2.44. The van der Waals surface area contributed by atoms with Gasteiger partial charge in [0.2, 0.25) is 5.91 Å². The molecule has 2 heterocycles. The van der Waals surface area contributed by atoms with Crippen LogP contribution in [0.15, 0.2) is 48.7 Å². The van der Waals surface area contributed by atoms with Gasteiger partial charge in [0.1, 0.15) is 11.9 Å². The summed E-state index contributed by atoms with van der Waals surface area (Å²) in [6, 6.07) is 9.74. The number of carbonyl (C=O) groups is 3. The van der Waals surface area contributed by atoms with E-state index < -0.39 is 23.5 Å². The number of fused-ring (bicyclic) bond motifs is 1. The zero-order chi connectivity index (χ0) is 19.8.